The Morgan fingerprint density at radius 2 is 1.91 bits per heavy atom. The number of benzene rings is 2. The maximum atomic E-state index is 12.8. The molecule has 1 N–H and O–H groups in total. The van der Waals surface area contributed by atoms with E-state index in [0.29, 0.717) is 36.4 Å². The summed E-state index contributed by atoms with van der Waals surface area (Å²) in [6, 6.07) is 12.9. The molecule has 1 heterocycles. The minimum Gasteiger partial charge on any atom is -0.370 e. The summed E-state index contributed by atoms with van der Waals surface area (Å²) in [5, 5.41) is 6.67. The van der Waals surface area contributed by atoms with Gasteiger partial charge in [0.05, 0.1) is 11.8 Å². The van der Waals surface area contributed by atoms with Gasteiger partial charge in [0.2, 0.25) is 5.91 Å². The van der Waals surface area contributed by atoms with Crippen molar-refractivity contribution in [1.29, 1.82) is 0 Å². The summed E-state index contributed by atoms with van der Waals surface area (Å²) in [5.74, 6) is 0.271. The molecule has 0 saturated carbocycles. The first-order valence-corrected chi connectivity index (χ1v) is 10.5. The molecule has 1 aromatic heterocycles. The van der Waals surface area contributed by atoms with Crippen molar-refractivity contribution in [2.24, 2.45) is 0 Å². The quantitative estimate of drug-likeness (QED) is 0.489. The molecule has 2 aromatic carbocycles. The second-order valence-electron chi connectivity index (χ2n) is 7.52. The molecule has 1 amide bonds. The lowest BCUT2D eigenvalue weighted by Crippen LogP contribution is -2.35. The van der Waals surface area contributed by atoms with Crippen LogP contribution in [0.1, 0.15) is 30.0 Å². The smallest absolute Gasteiger partial charge is 0.370 e. The van der Waals surface area contributed by atoms with Crippen LogP contribution >= 0.6 is 0 Å². The van der Waals surface area contributed by atoms with Crippen molar-refractivity contribution in [1.82, 2.24) is 10.5 Å². The number of hydrogen-bond acceptors (Lipinski definition) is 4. The van der Waals surface area contributed by atoms with Gasteiger partial charge in [0.25, 0.3) is 0 Å². The summed E-state index contributed by atoms with van der Waals surface area (Å²) < 4.78 is 43.5. The number of hydrogen-bond donors (Lipinski definition) is 1. The van der Waals surface area contributed by atoms with Crippen molar-refractivity contribution < 1.29 is 22.5 Å². The first-order valence-electron chi connectivity index (χ1n) is 10.5. The molecule has 0 bridgehead atoms. The van der Waals surface area contributed by atoms with Crippen LogP contribution in [0.25, 0.3) is 11.3 Å². The SMILES string of the molecule is CCN(CCNC(=O)CCc1cnoc1-c1ccc(C(F)(F)F)cc1)c1cccc(C)c1. The number of nitrogens with one attached hydrogen (secondary N) is 1. The molecular weight excluding hydrogens is 419 g/mol. The van der Waals surface area contributed by atoms with Gasteiger partial charge >= 0.3 is 6.18 Å². The van der Waals surface area contributed by atoms with Gasteiger partial charge in [0.15, 0.2) is 5.76 Å². The predicted octanol–water partition coefficient (Wildman–Crippen LogP) is 5.24. The van der Waals surface area contributed by atoms with Crippen LogP contribution in [0, 0.1) is 6.92 Å². The predicted molar refractivity (Wildman–Crippen MR) is 117 cm³/mol. The largest absolute Gasteiger partial charge is 0.416 e. The number of halogens is 3. The van der Waals surface area contributed by atoms with Gasteiger partial charge in [-0.3, -0.25) is 4.79 Å². The molecule has 0 fully saturated rings. The summed E-state index contributed by atoms with van der Waals surface area (Å²) in [6.45, 7) is 6.14. The highest BCUT2D eigenvalue weighted by Crippen LogP contribution is 2.32. The maximum absolute atomic E-state index is 12.8. The number of amides is 1. The molecule has 170 valence electrons. The first kappa shape index (κ1) is 23.4. The third kappa shape index (κ3) is 6.12. The molecule has 0 aliphatic heterocycles. The topological polar surface area (TPSA) is 58.4 Å². The monoisotopic (exact) mass is 445 g/mol. The van der Waals surface area contributed by atoms with Gasteiger partial charge in [-0.2, -0.15) is 13.2 Å². The Morgan fingerprint density at radius 1 is 1.16 bits per heavy atom. The highest BCUT2D eigenvalue weighted by Gasteiger charge is 2.30. The molecule has 5 nitrogen and oxygen atoms in total. The van der Waals surface area contributed by atoms with E-state index < -0.39 is 11.7 Å². The van der Waals surface area contributed by atoms with Crippen molar-refractivity contribution in [2.45, 2.75) is 32.9 Å². The van der Waals surface area contributed by atoms with Gasteiger partial charge in [-0.1, -0.05) is 29.4 Å². The molecule has 0 atom stereocenters. The standard InChI is InChI=1S/C24H26F3N3O2/c1-3-30(21-6-4-5-17(2)15-21)14-13-28-22(31)12-9-19-16-29-32-23(19)18-7-10-20(11-8-18)24(25,26)27/h4-8,10-11,15-16H,3,9,12-14H2,1-2H3,(H,28,31). The van der Waals surface area contributed by atoms with E-state index in [0.717, 1.165) is 24.4 Å². The summed E-state index contributed by atoms with van der Waals surface area (Å²) in [6.07, 6.45) is -2.29. The fraction of sp³-hybridized carbons (Fsp3) is 0.333. The molecule has 0 aliphatic rings. The Morgan fingerprint density at radius 3 is 2.56 bits per heavy atom. The van der Waals surface area contributed by atoms with E-state index in [-0.39, 0.29) is 12.3 Å². The molecule has 3 aromatic rings. The van der Waals surface area contributed by atoms with Gasteiger partial charge in [0.1, 0.15) is 0 Å². The molecule has 0 unspecified atom stereocenters. The van der Waals surface area contributed by atoms with E-state index >= 15 is 0 Å². The van der Waals surface area contributed by atoms with E-state index in [2.05, 4.69) is 28.4 Å². The number of nitrogens with zero attached hydrogens (tertiary/aromatic N) is 2. The normalized spacial score (nSPS) is 11.4. The zero-order chi connectivity index (χ0) is 23.1. The van der Waals surface area contributed by atoms with Crippen LogP contribution in [0.15, 0.2) is 59.3 Å². The Kier molecular flexibility index (Phi) is 7.56. The number of carbonyl (C=O) groups is 1. The second kappa shape index (κ2) is 10.3. The first-order chi connectivity index (χ1) is 15.3. The van der Waals surface area contributed by atoms with Crippen molar-refractivity contribution in [2.75, 3.05) is 24.5 Å². The third-order valence-corrected chi connectivity index (χ3v) is 5.19. The molecule has 0 aliphatic carbocycles. The van der Waals surface area contributed by atoms with Gasteiger partial charge < -0.3 is 14.7 Å². The minimum absolute atomic E-state index is 0.107. The highest BCUT2D eigenvalue weighted by atomic mass is 19.4. The lowest BCUT2D eigenvalue weighted by Gasteiger charge is -2.23. The minimum atomic E-state index is -4.40. The third-order valence-electron chi connectivity index (χ3n) is 5.19. The summed E-state index contributed by atoms with van der Waals surface area (Å²) in [7, 11) is 0. The lowest BCUT2D eigenvalue weighted by molar-refractivity contribution is -0.137. The van der Waals surface area contributed by atoms with Crippen molar-refractivity contribution in [3.05, 3.63) is 71.4 Å². The van der Waals surface area contributed by atoms with Crippen LogP contribution in [0.3, 0.4) is 0 Å². The van der Waals surface area contributed by atoms with Crippen LogP contribution in [-0.2, 0) is 17.4 Å². The van der Waals surface area contributed by atoms with Gasteiger partial charge in [0, 0.05) is 42.9 Å². The van der Waals surface area contributed by atoms with E-state index in [9.17, 15) is 18.0 Å². The average molecular weight is 445 g/mol. The Balaban J connectivity index is 1.51. The average Bonchev–Trinajstić information content (AvgIpc) is 3.23. The number of anilines is 1. The zero-order valence-corrected chi connectivity index (χ0v) is 18.1. The number of aromatic nitrogens is 1. The van der Waals surface area contributed by atoms with Crippen LogP contribution < -0.4 is 10.2 Å². The van der Waals surface area contributed by atoms with Crippen LogP contribution in [0.4, 0.5) is 18.9 Å². The number of alkyl halides is 3. The van der Waals surface area contributed by atoms with Crippen molar-refractivity contribution >= 4 is 11.6 Å². The summed E-state index contributed by atoms with van der Waals surface area (Å²) >= 11 is 0. The zero-order valence-electron chi connectivity index (χ0n) is 18.1. The van der Waals surface area contributed by atoms with E-state index in [1.807, 2.05) is 25.1 Å². The van der Waals surface area contributed by atoms with Gasteiger partial charge in [-0.05, 0) is 50.1 Å². The summed E-state index contributed by atoms with van der Waals surface area (Å²) in [4.78, 5) is 14.5. The maximum Gasteiger partial charge on any atom is 0.416 e. The highest BCUT2D eigenvalue weighted by molar-refractivity contribution is 5.76. The molecule has 32 heavy (non-hydrogen) atoms. The molecule has 0 spiro atoms. The lowest BCUT2D eigenvalue weighted by atomic mass is 10.0. The van der Waals surface area contributed by atoms with Crippen LogP contribution in [0.5, 0.6) is 0 Å². The number of aryl methyl sites for hydroxylation is 2. The van der Waals surface area contributed by atoms with Crippen LogP contribution in [-0.4, -0.2) is 30.7 Å². The molecular formula is C24H26F3N3O2. The summed E-state index contributed by atoms with van der Waals surface area (Å²) in [5.41, 5.74) is 2.74. The van der Waals surface area contributed by atoms with Gasteiger partial charge in [-0.25, -0.2) is 0 Å². The number of rotatable bonds is 9. The van der Waals surface area contributed by atoms with Crippen molar-refractivity contribution in [3.8, 4) is 11.3 Å². The van der Waals surface area contributed by atoms with E-state index in [4.69, 9.17) is 4.52 Å². The van der Waals surface area contributed by atoms with E-state index in [1.54, 1.807) is 0 Å². The van der Waals surface area contributed by atoms with Gasteiger partial charge in [-0.15, -0.1) is 0 Å². The van der Waals surface area contributed by atoms with E-state index in [1.165, 1.54) is 23.9 Å². The fourth-order valence-corrected chi connectivity index (χ4v) is 3.45. The van der Waals surface area contributed by atoms with Crippen molar-refractivity contribution in [3.63, 3.8) is 0 Å². The number of likely N-dealkylation sites (N-methyl/N-ethyl adjacent to an activating group) is 1. The molecule has 3 rings (SSSR count). The Labute approximate surface area is 185 Å². The molecule has 0 radical (unpaired) electrons. The fourth-order valence-electron chi connectivity index (χ4n) is 3.45. The Hall–Kier alpha value is -3.29. The second-order valence-corrected chi connectivity index (χ2v) is 7.52. The molecule has 8 heteroatoms. The Bertz CT molecular complexity index is 1030. The number of carbonyl (C=O) groups excluding carboxylic acids is 1. The van der Waals surface area contributed by atoms with Crippen LogP contribution in [0.2, 0.25) is 0 Å². The molecule has 0 saturated heterocycles.